The number of rotatable bonds is 4. The number of aryl methyl sites for hydroxylation is 1. The molecule has 0 aliphatic carbocycles. The van der Waals surface area contributed by atoms with Crippen molar-refractivity contribution < 1.29 is 14.0 Å². The molecule has 2 aromatic rings. The van der Waals surface area contributed by atoms with E-state index in [0.29, 0.717) is 23.4 Å². The quantitative estimate of drug-likeness (QED) is 0.924. The highest BCUT2D eigenvalue weighted by Crippen LogP contribution is 2.12. The van der Waals surface area contributed by atoms with E-state index in [-0.39, 0.29) is 5.91 Å². The Labute approximate surface area is 117 Å². The van der Waals surface area contributed by atoms with Gasteiger partial charge in [-0.25, -0.2) is 0 Å². The van der Waals surface area contributed by atoms with Crippen LogP contribution in [-0.2, 0) is 6.54 Å². The predicted molar refractivity (Wildman–Crippen MR) is 74.2 cm³/mol. The summed E-state index contributed by atoms with van der Waals surface area (Å²) >= 11 is 0. The number of carbonyl (C=O) groups is 2. The zero-order chi connectivity index (χ0) is 14.7. The van der Waals surface area contributed by atoms with Gasteiger partial charge in [-0.05, 0) is 37.3 Å². The minimum absolute atomic E-state index is 0.192. The molecule has 2 amide bonds. The maximum atomic E-state index is 12.3. The fraction of sp³-hybridized carbons (Fsp3) is 0.200. The zero-order valence-electron chi connectivity index (χ0n) is 11.4. The van der Waals surface area contributed by atoms with E-state index in [0.717, 1.165) is 5.76 Å². The van der Waals surface area contributed by atoms with Crippen LogP contribution >= 0.6 is 0 Å². The van der Waals surface area contributed by atoms with Crippen molar-refractivity contribution in [1.82, 2.24) is 4.90 Å². The van der Waals surface area contributed by atoms with Gasteiger partial charge in [-0.1, -0.05) is 6.07 Å². The van der Waals surface area contributed by atoms with Gasteiger partial charge in [0.05, 0.1) is 6.54 Å². The summed E-state index contributed by atoms with van der Waals surface area (Å²) < 4.78 is 5.43. The largest absolute Gasteiger partial charge is 0.464 e. The summed E-state index contributed by atoms with van der Waals surface area (Å²) in [6.07, 6.45) is 0. The Hall–Kier alpha value is -2.56. The number of primary amides is 1. The van der Waals surface area contributed by atoms with Crippen LogP contribution in [0.25, 0.3) is 0 Å². The Morgan fingerprint density at radius 3 is 2.50 bits per heavy atom. The topological polar surface area (TPSA) is 76.5 Å². The molecule has 1 aromatic carbocycles. The molecule has 0 fully saturated rings. The number of amides is 2. The van der Waals surface area contributed by atoms with Crippen LogP contribution in [-0.4, -0.2) is 23.8 Å². The Balaban J connectivity index is 2.14. The van der Waals surface area contributed by atoms with Crippen molar-refractivity contribution in [3.8, 4) is 0 Å². The lowest BCUT2D eigenvalue weighted by Gasteiger charge is -2.16. The van der Waals surface area contributed by atoms with Crippen molar-refractivity contribution in [3.05, 3.63) is 59.0 Å². The number of hydrogen-bond acceptors (Lipinski definition) is 3. The summed E-state index contributed by atoms with van der Waals surface area (Å²) in [5.74, 6) is 0.770. The summed E-state index contributed by atoms with van der Waals surface area (Å²) in [7, 11) is 1.68. The lowest BCUT2D eigenvalue weighted by Crippen LogP contribution is -2.26. The molecule has 0 atom stereocenters. The first-order chi connectivity index (χ1) is 9.47. The Morgan fingerprint density at radius 2 is 1.90 bits per heavy atom. The second-order valence-corrected chi connectivity index (χ2v) is 4.62. The zero-order valence-corrected chi connectivity index (χ0v) is 11.4. The lowest BCUT2D eigenvalue weighted by atomic mass is 10.1. The third-order valence-electron chi connectivity index (χ3n) is 2.93. The summed E-state index contributed by atoms with van der Waals surface area (Å²) in [5.41, 5.74) is 5.95. The number of hydrogen-bond donors (Lipinski definition) is 1. The second kappa shape index (κ2) is 5.61. The van der Waals surface area contributed by atoms with Gasteiger partial charge in [-0.2, -0.15) is 0 Å². The van der Waals surface area contributed by atoms with Gasteiger partial charge in [0, 0.05) is 18.2 Å². The Morgan fingerprint density at radius 1 is 1.20 bits per heavy atom. The first kappa shape index (κ1) is 13.9. The van der Waals surface area contributed by atoms with Crippen LogP contribution in [0.1, 0.15) is 32.2 Å². The molecule has 1 heterocycles. The van der Waals surface area contributed by atoms with Gasteiger partial charge in [-0.3, -0.25) is 9.59 Å². The van der Waals surface area contributed by atoms with Gasteiger partial charge in [0.2, 0.25) is 5.91 Å². The maximum absolute atomic E-state index is 12.3. The van der Waals surface area contributed by atoms with Crippen molar-refractivity contribution in [2.75, 3.05) is 7.05 Å². The summed E-state index contributed by atoms with van der Waals surface area (Å²) in [6.45, 7) is 2.22. The molecule has 0 aliphatic rings. The van der Waals surface area contributed by atoms with Gasteiger partial charge in [0.25, 0.3) is 5.91 Å². The standard InChI is InChI=1S/C15H16N2O3/c1-10-6-7-13(20-10)9-17(2)15(19)12-5-3-4-11(8-12)14(16)18/h3-8H,9H2,1-2H3,(H2,16,18). The van der Waals surface area contributed by atoms with E-state index in [1.165, 1.54) is 11.0 Å². The van der Waals surface area contributed by atoms with Crippen LogP contribution < -0.4 is 5.73 Å². The third-order valence-corrected chi connectivity index (χ3v) is 2.93. The van der Waals surface area contributed by atoms with Gasteiger partial charge >= 0.3 is 0 Å². The van der Waals surface area contributed by atoms with Crippen LogP contribution in [0.5, 0.6) is 0 Å². The molecule has 0 saturated heterocycles. The Kier molecular flexibility index (Phi) is 3.89. The highest BCUT2D eigenvalue weighted by Gasteiger charge is 2.14. The summed E-state index contributed by atoms with van der Waals surface area (Å²) in [6, 6.07) is 10.0. The van der Waals surface area contributed by atoms with Crippen LogP contribution in [0.4, 0.5) is 0 Å². The van der Waals surface area contributed by atoms with Crippen molar-refractivity contribution >= 4 is 11.8 Å². The third kappa shape index (κ3) is 3.06. The van der Waals surface area contributed by atoms with Crippen molar-refractivity contribution in [2.24, 2.45) is 5.73 Å². The number of nitrogens with two attached hydrogens (primary N) is 1. The monoisotopic (exact) mass is 272 g/mol. The first-order valence-electron chi connectivity index (χ1n) is 6.18. The first-order valence-corrected chi connectivity index (χ1v) is 6.18. The smallest absolute Gasteiger partial charge is 0.254 e. The summed E-state index contributed by atoms with van der Waals surface area (Å²) in [5, 5.41) is 0. The molecule has 1 aromatic heterocycles. The molecular formula is C15H16N2O3. The minimum atomic E-state index is -0.552. The number of furan rings is 1. The molecule has 2 rings (SSSR count). The van der Waals surface area contributed by atoms with Crippen LogP contribution in [0.2, 0.25) is 0 Å². The molecule has 0 bridgehead atoms. The fourth-order valence-corrected chi connectivity index (χ4v) is 1.90. The molecule has 20 heavy (non-hydrogen) atoms. The van der Waals surface area contributed by atoms with Crippen molar-refractivity contribution in [3.63, 3.8) is 0 Å². The van der Waals surface area contributed by atoms with Crippen LogP contribution in [0, 0.1) is 6.92 Å². The lowest BCUT2D eigenvalue weighted by molar-refractivity contribution is 0.0775. The maximum Gasteiger partial charge on any atom is 0.254 e. The molecule has 0 unspecified atom stereocenters. The van der Waals surface area contributed by atoms with Gasteiger partial charge in [-0.15, -0.1) is 0 Å². The van der Waals surface area contributed by atoms with Crippen LogP contribution in [0.3, 0.4) is 0 Å². The SMILES string of the molecule is Cc1ccc(CN(C)C(=O)c2cccc(C(N)=O)c2)o1. The highest BCUT2D eigenvalue weighted by molar-refractivity contribution is 5.98. The molecule has 0 radical (unpaired) electrons. The molecule has 0 aliphatic heterocycles. The minimum Gasteiger partial charge on any atom is -0.464 e. The second-order valence-electron chi connectivity index (χ2n) is 4.62. The van der Waals surface area contributed by atoms with E-state index >= 15 is 0 Å². The summed E-state index contributed by atoms with van der Waals surface area (Å²) in [4.78, 5) is 24.9. The van der Waals surface area contributed by atoms with E-state index in [4.69, 9.17) is 10.2 Å². The van der Waals surface area contributed by atoms with E-state index in [9.17, 15) is 9.59 Å². The fourth-order valence-electron chi connectivity index (χ4n) is 1.90. The van der Waals surface area contributed by atoms with Gasteiger partial charge in [0.1, 0.15) is 11.5 Å². The van der Waals surface area contributed by atoms with E-state index in [1.807, 2.05) is 19.1 Å². The average molecular weight is 272 g/mol. The van der Waals surface area contributed by atoms with Gasteiger partial charge in [0.15, 0.2) is 0 Å². The molecular weight excluding hydrogens is 256 g/mol. The van der Waals surface area contributed by atoms with Crippen molar-refractivity contribution in [2.45, 2.75) is 13.5 Å². The van der Waals surface area contributed by atoms with Gasteiger partial charge < -0.3 is 15.1 Å². The Bertz CT molecular complexity index is 646. The average Bonchev–Trinajstić information content (AvgIpc) is 2.83. The normalized spacial score (nSPS) is 10.3. The number of carbonyl (C=O) groups excluding carboxylic acids is 2. The van der Waals surface area contributed by atoms with E-state index in [1.54, 1.807) is 25.2 Å². The molecule has 0 saturated carbocycles. The predicted octanol–water partition coefficient (Wildman–Crippen LogP) is 1.96. The number of nitrogens with zero attached hydrogens (tertiary/aromatic N) is 1. The van der Waals surface area contributed by atoms with Crippen LogP contribution in [0.15, 0.2) is 40.8 Å². The molecule has 0 spiro atoms. The van der Waals surface area contributed by atoms with E-state index in [2.05, 4.69) is 0 Å². The number of benzene rings is 1. The molecule has 5 nitrogen and oxygen atoms in total. The van der Waals surface area contributed by atoms with E-state index < -0.39 is 5.91 Å². The highest BCUT2D eigenvalue weighted by atomic mass is 16.3. The molecule has 2 N–H and O–H groups in total. The molecule has 104 valence electrons. The van der Waals surface area contributed by atoms with Crippen molar-refractivity contribution in [1.29, 1.82) is 0 Å². The molecule has 5 heteroatoms.